The molecular weight excluding hydrogens is 390 g/mol. The number of hydrogen-bond donors (Lipinski definition) is 1. The van der Waals surface area contributed by atoms with Gasteiger partial charge in [0.1, 0.15) is 5.75 Å². The maximum absolute atomic E-state index is 13.1. The molecule has 2 aromatic rings. The second kappa shape index (κ2) is 7.35. The van der Waals surface area contributed by atoms with Crippen molar-refractivity contribution in [2.24, 2.45) is 23.7 Å². The smallest absolute Gasteiger partial charge is 0.230 e. The van der Waals surface area contributed by atoms with E-state index in [1.807, 2.05) is 12.1 Å². The van der Waals surface area contributed by atoms with E-state index in [9.17, 15) is 4.79 Å². The van der Waals surface area contributed by atoms with E-state index in [2.05, 4.69) is 22.6 Å². The topological polar surface area (TPSA) is 77.2 Å². The number of rotatable bonds is 7. The molecule has 1 amide bonds. The first-order valence-electron chi connectivity index (χ1n) is 11.9. The zero-order valence-electron chi connectivity index (χ0n) is 18.2. The molecule has 0 radical (unpaired) electrons. The summed E-state index contributed by atoms with van der Waals surface area (Å²) < 4.78 is 11.2. The van der Waals surface area contributed by atoms with Gasteiger partial charge in [0.05, 0.1) is 24.4 Å². The van der Waals surface area contributed by atoms with Crippen LogP contribution >= 0.6 is 0 Å². The highest BCUT2D eigenvalue weighted by Crippen LogP contribution is 2.57. The third-order valence-electron chi connectivity index (χ3n) is 8.56. The van der Waals surface area contributed by atoms with E-state index in [0.29, 0.717) is 23.6 Å². The molecule has 1 heterocycles. The largest absolute Gasteiger partial charge is 0.497 e. The standard InChI is InChI=1S/C25H31N3O3/c1-30-19-9-7-18(8-10-19)25(11-12-25)24-27-23(31-28-24)21-17-6-5-16(13-17)20(21)22(29)26-14-15-3-2-4-15/h7-10,15-17,20-21H,2-6,11-14H2,1H3,(H,26,29)/t16-,17+,20-,21-/m0/s1. The Morgan fingerprint density at radius 1 is 1.16 bits per heavy atom. The first-order chi connectivity index (χ1) is 15.2. The molecule has 2 bridgehead atoms. The van der Waals surface area contributed by atoms with Gasteiger partial charge in [0.25, 0.3) is 0 Å². The lowest BCUT2D eigenvalue weighted by Crippen LogP contribution is -2.40. The Morgan fingerprint density at radius 3 is 2.61 bits per heavy atom. The Morgan fingerprint density at radius 2 is 1.94 bits per heavy atom. The van der Waals surface area contributed by atoms with Gasteiger partial charge in [0.15, 0.2) is 5.82 Å². The van der Waals surface area contributed by atoms with Gasteiger partial charge in [0.2, 0.25) is 11.8 Å². The van der Waals surface area contributed by atoms with Crippen molar-refractivity contribution in [3.05, 3.63) is 41.5 Å². The van der Waals surface area contributed by atoms with Crippen LogP contribution in [0.15, 0.2) is 28.8 Å². The fraction of sp³-hybridized carbons (Fsp3) is 0.640. The Kier molecular flexibility index (Phi) is 4.58. The second-order valence-electron chi connectivity index (χ2n) is 10.2. The molecule has 4 aliphatic rings. The Hall–Kier alpha value is -2.37. The first-order valence-corrected chi connectivity index (χ1v) is 11.9. The molecule has 4 aliphatic carbocycles. The first kappa shape index (κ1) is 19.3. The van der Waals surface area contributed by atoms with Gasteiger partial charge in [-0.3, -0.25) is 4.79 Å². The number of carbonyl (C=O) groups is 1. The summed E-state index contributed by atoms with van der Waals surface area (Å²) in [6.07, 6.45) is 9.30. The molecule has 1 aromatic carbocycles. The molecule has 6 nitrogen and oxygen atoms in total. The van der Waals surface area contributed by atoms with Crippen molar-refractivity contribution in [3.63, 3.8) is 0 Å². The van der Waals surface area contributed by atoms with E-state index in [1.165, 1.54) is 31.2 Å². The van der Waals surface area contributed by atoms with Crippen LogP contribution in [-0.2, 0) is 10.2 Å². The minimum absolute atomic E-state index is 0.0109. The van der Waals surface area contributed by atoms with Crippen LogP contribution in [0.5, 0.6) is 5.75 Å². The number of carbonyl (C=O) groups excluding carboxylic acids is 1. The highest BCUT2D eigenvalue weighted by Gasteiger charge is 2.55. The van der Waals surface area contributed by atoms with Crippen molar-refractivity contribution in [2.45, 2.75) is 62.7 Å². The summed E-state index contributed by atoms with van der Waals surface area (Å²) in [6.45, 7) is 0.828. The van der Waals surface area contributed by atoms with Crippen LogP contribution in [0.25, 0.3) is 0 Å². The van der Waals surface area contributed by atoms with E-state index in [0.717, 1.165) is 43.8 Å². The molecule has 4 fully saturated rings. The van der Waals surface area contributed by atoms with Crippen molar-refractivity contribution < 1.29 is 14.1 Å². The van der Waals surface area contributed by atoms with Crippen molar-refractivity contribution in [2.75, 3.05) is 13.7 Å². The molecule has 1 aromatic heterocycles. The Bertz CT molecular complexity index is 961. The highest BCUT2D eigenvalue weighted by atomic mass is 16.5. The van der Waals surface area contributed by atoms with Gasteiger partial charge in [-0.2, -0.15) is 4.98 Å². The lowest BCUT2D eigenvalue weighted by Gasteiger charge is -2.30. The number of nitrogens with one attached hydrogen (secondary N) is 1. The zero-order valence-corrected chi connectivity index (χ0v) is 18.2. The van der Waals surface area contributed by atoms with Crippen molar-refractivity contribution in [3.8, 4) is 5.75 Å². The van der Waals surface area contributed by atoms with Crippen molar-refractivity contribution in [1.29, 1.82) is 0 Å². The molecule has 0 aliphatic heterocycles. The molecule has 6 heteroatoms. The minimum Gasteiger partial charge on any atom is -0.497 e. The lowest BCUT2D eigenvalue weighted by atomic mass is 9.78. The lowest BCUT2D eigenvalue weighted by molar-refractivity contribution is -0.127. The SMILES string of the molecule is COc1ccc(C2(c3noc([C@H]4[C@@H]5CC[C@@H](C5)[C@@H]4C(=O)NCC4CCC4)n3)CC2)cc1. The number of methoxy groups -OCH3 is 1. The van der Waals surface area contributed by atoms with Gasteiger partial charge in [-0.1, -0.05) is 23.7 Å². The number of nitrogens with zero attached hydrogens (tertiary/aromatic N) is 2. The summed E-state index contributed by atoms with van der Waals surface area (Å²) in [5, 5.41) is 7.70. The van der Waals surface area contributed by atoms with Gasteiger partial charge in [0, 0.05) is 6.54 Å². The van der Waals surface area contributed by atoms with Crippen LogP contribution in [-0.4, -0.2) is 29.7 Å². The number of ether oxygens (including phenoxy) is 1. The molecule has 0 saturated heterocycles. The van der Waals surface area contributed by atoms with E-state index in [4.69, 9.17) is 14.2 Å². The fourth-order valence-corrected chi connectivity index (χ4v) is 6.33. The summed E-state index contributed by atoms with van der Waals surface area (Å²) in [7, 11) is 1.68. The van der Waals surface area contributed by atoms with E-state index < -0.39 is 0 Å². The van der Waals surface area contributed by atoms with Crippen LogP contribution in [0, 0.1) is 23.7 Å². The van der Waals surface area contributed by atoms with E-state index in [1.54, 1.807) is 7.11 Å². The van der Waals surface area contributed by atoms with Gasteiger partial charge in [-0.15, -0.1) is 0 Å². The zero-order chi connectivity index (χ0) is 21.0. The molecule has 0 spiro atoms. The summed E-state index contributed by atoms with van der Waals surface area (Å²) in [5.74, 6) is 4.23. The normalized spacial score (nSPS) is 30.7. The van der Waals surface area contributed by atoms with Crippen LogP contribution in [0.2, 0.25) is 0 Å². The third kappa shape index (κ3) is 3.17. The Labute approximate surface area is 183 Å². The van der Waals surface area contributed by atoms with Crippen LogP contribution < -0.4 is 10.1 Å². The number of hydrogen-bond acceptors (Lipinski definition) is 5. The van der Waals surface area contributed by atoms with Gasteiger partial charge < -0.3 is 14.6 Å². The van der Waals surface area contributed by atoms with Gasteiger partial charge >= 0.3 is 0 Å². The fourth-order valence-electron chi connectivity index (χ4n) is 6.33. The molecule has 31 heavy (non-hydrogen) atoms. The molecule has 6 rings (SSSR count). The number of aromatic nitrogens is 2. The molecule has 0 unspecified atom stereocenters. The van der Waals surface area contributed by atoms with Crippen LogP contribution in [0.1, 0.15) is 74.6 Å². The summed E-state index contributed by atoms with van der Waals surface area (Å²) in [5.41, 5.74) is 1.07. The molecule has 4 atom stereocenters. The number of benzene rings is 1. The van der Waals surface area contributed by atoms with Crippen LogP contribution in [0.3, 0.4) is 0 Å². The van der Waals surface area contributed by atoms with Crippen molar-refractivity contribution >= 4 is 5.91 Å². The van der Waals surface area contributed by atoms with E-state index >= 15 is 0 Å². The summed E-state index contributed by atoms with van der Waals surface area (Å²) in [6, 6.07) is 8.20. The quantitative estimate of drug-likeness (QED) is 0.725. The Balaban J connectivity index is 1.23. The van der Waals surface area contributed by atoms with Crippen LogP contribution in [0.4, 0.5) is 0 Å². The minimum atomic E-state index is -0.145. The summed E-state index contributed by atoms with van der Waals surface area (Å²) >= 11 is 0. The van der Waals surface area contributed by atoms with Gasteiger partial charge in [-0.05, 0) is 80.4 Å². The molecule has 1 N–H and O–H groups in total. The number of fused-ring (bicyclic) bond motifs is 2. The third-order valence-corrected chi connectivity index (χ3v) is 8.56. The maximum atomic E-state index is 13.1. The summed E-state index contributed by atoms with van der Waals surface area (Å²) in [4.78, 5) is 18.1. The molecule has 4 saturated carbocycles. The van der Waals surface area contributed by atoms with Gasteiger partial charge in [-0.25, -0.2) is 0 Å². The predicted octanol–water partition coefficient (Wildman–Crippen LogP) is 4.20. The second-order valence-corrected chi connectivity index (χ2v) is 10.2. The monoisotopic (exact) mass is 421 g/mol. The van der Waals surface area contributed by atoms with Crippen molar-refractivity contribution in [1.82, 2.24) is 15.5 Å². The maximum Gasteiger partial charge on any atom is 0.230 e. The molecular formula is C25H31N3O3. The average molecular weight is 422 g/mol. The van der Waals surface area contributed by atoms with E-state index in [-0.39, 0.29) is 23.2 Å². The molecule has 164 valence electrons. The average Bonchev–Trinajstić information content (AvgIpc) is 3.11. The number of amides is 1. The highest BCUT2D eigenvalue weighted by molar-refractivity contribution is 5.80. The predicted molar refractivity (Wildman–Crippen MR) is 115 cm³/mol.